The number of nitrogens with one attached hydrogen (secondary N) is 1. The van der Waals surface area contributed by atoms with E-state index in [1.807, 2.05) is 6.92 Å². The number of esters is 1. The standard InChI is InChI=1S/C26H37NO9S2/c1-6-33-26(32-3)25(29)35-18-7-17-34-22-12-10-21(11-13-22)27-24(28)16-19-37(4,5)36-38(30,31)23-14-8-20(2)9-15-23/h8-15,26H,6-7,16-19H2,1-5H3,(H,27,28). The minimum Gasteiger partial charge on any atom is -0.493 e. The van der Waals surface area contributed by atoms with Crippen LogP contribution in [0.15, 0.2) is 53.4 Å². The van der Waals surface area contributed by atoms with Crippen molar-refractivity contribution in [2.75, 3.05) is 50.5 Å². The van der Waals surface area contributed by atoms with Gasteiger partial charge in [0.1, 0.15) is 5.75 Å². The number of carbonyl (C=O) groups excluding carboxylic acids is 2. The Morgan fingerprint density at radius 1 is 0.974 bits per heavy atom. The Morgan fingerprint density at radius 3 is 2.24 bits per heavy atom. The van der Waals surface area contributed by atoms with Crippen molar-refractivity contribution in [3.63, 3.8) is 0 Å². The smallest absolute Gasteiger partial charge is 0.363 e. The van der Waals surface area contributed by atoms with Gasteiger partial charge in [0.25, 0.3) is 6.29 Å². The molecule has 0 bridgehead atoms. The number of rotatable bonds is 16. The SMILES string of the molecule is CCOC(OC)C(=O)OCCCOc1ccc(NC(=O)CCS(C)(C)OS(=O)(=O)c2ccc(C)cc2)cc1. The number of ether oxygens (including phenoxy) is 4. The van der Waals surface area contributed by atoms with Crippen molar-refractivity contribution in [2.45, 2.75) is 37.9 Å². The van der Waals surface area contributed by atoms with E-state index in [2.05, 4.69) is 5.32 Å². The van der Waals surface area contributed by atoms with Crippen molar-refractivity contribution >= 4 is 38.0 Å². The van der Waals surface area contributed by atoms with Crippen LogP contribution in [0.25, 0.3) is 0 Å². The van der Waals surface area contributed by atoms with E-state index >= 15 is 0 Å². The number of carbonyl (C=O) groups is 2. The van der Waals surface area contributed by atoms with Gasteiger partial charge in [-0.05, 0) is 62.8 Å². The van der Waals surface area contributed by atoms with Gasteiger partial charge in [0.2, 0.25) is 5.91 Å². The normalized spacial score (nSPS) is 13.0. The molecule has 212 valence electrons. The molecule has 1 N–H and O–H groups in total. The molecular formula is C26H37NO9S2. The molecule has 1 amide bonds. The quantitative estimate of drug-likeness (QED) is 0.180. The van der Waals surface area contributed by atoms with E-state index < -0.39 is 32.7 Å². The molecule has 0 fully saturated rings. The molecule has 38 heavy (non-hydrogen) atoms. The Hall–Kier alpha value is -2.64. The van der Waals surface area contributed by atoms with Crippen LogP contribution >= 0.6 is 10.3 Å². The average molecular weight is 572 g/mol. The summed E-state index contributed by atoms with van der Waals surface area (Å²) < 4.78 is 51.4. The van der Waals surface area contributed by atoms with Crippen LogP contribution in [-0.4, -0.2) is 71.8 Å². The van der Waals surface area contributed by atoms with E-state index in [0.29, 0.717) is 31.1 Å². The summed E-state index contributed by atoms with van der Waals surface area (Å²) in [7, 11) is -4.58. The first-order valence-corrected chi connectivity index (χ1v) is 16.0. The Balaban J connectivity index is 1.73. The molecule has 12 heteroatoms. The van der Waals surface area contributed by atoms with Crippen LogP contribution in [0.4, 0.5) is 5.69 Å². The predicted octanol–water partition coefficient (Wildman–Crippen LogP) is 4.03. The van der Waals surface area contributed by atoms with E-state index in [4.69, 9.17) is 22.6 Å². The first-order chi connectivity index (χ1) is 18.0. The minimum absolute atomic E-state index is 0.0951. The molecule has 0 aliphatic heterocycles. The molecular weight excluding hydrogens is 534 g/mol. The highest BCUT2D eigenvalue weighted by Crippen LogP contribution is 2.45. The lowest BCUT2D eigenvalue weighted by molar-refractivity contribution is -0.188. The fraction of sp³-hybridized carbons (Fsp3) is 0.462. The third-order valence-corrected chi connectivity index (χ3v) is 9.30. The average Bonchev–Trinajstić information content (AvgIpc) is 2.86. The van der Waals surface area contributed by atoms with Gasteiger partial charge < -0.3 is 24.3 Å². The molecule has 0 radical (unpaired) electrons. The summed E-state index contributed by atoms with van der Waals surface area (Å²) in [6.07, 6.45) is 2.99. The first-order valence-electron chi connectivity index (χ1n) is 12.0. The summed E-state index contributed by atoms with van der Waals surface area (Å²) in [5, 5.41) is 2.79. The number of methoxy groups -OCH3 is 1. The third-order valence-electron chi connectivity index (χ3n) is 5.07. The molecule has 0 aromatic heterocycles. The van der Waals surface area contributed by atoms with Gasteiger partial charge in [-0.3, -0.25) is 4.79 Å². The zero-order valence-corrected chi connectivity index (χ0v) is 24.1. The maximum Gasteiger partial charge on any atom is 0.363 e. The highest BCUT2D eigenvalue weighted by molar-refractivity contribution is 8.32. The van der Waals surface area contributed by atoms with Crippen LogP contribution in [0, 0.1) is 6.92 Å². The highest BCUT2D eigenvalue weighted by atomic mass is 32.3. The third kappa shape index (κ3) is 11.0. The second-order valence-corrected chi connectivity index (χ2v) is 13.9. The molecule has 0 saturated heterocycles. The molecule has 1 atom stereocenters. The van der Waals surface area contributed by atoms with Gasteiger partial charge in [-0.25, -0.2) is 8.42 Å². The van der Waals surface area contributed by atoms with Gasteiger partial charge in [0.05, 0.1) is 18.1 Å². The van der Waals surface area contributed by atoms with Crippen LogP contribution < -0.4 is 10.1 Å². The van der Waals surface area contributed by atoms with Crippen LogP contribution in [0.3, 0.4) is 0 Å². The van der Waals surface area contributed by atoms with Crippen LogP contribution in [-0.2, 0) is 37.5 Å². The van der Waals surface area contributed by atoms with Crippen LogP contribution in [0.1, 0.15) is 25.3 Å². The summed E-state index contributed by atoms with van der Waals surface area (Å²) in [5.74, 6) is 0.0437. The van der Waals surface area contributed by atoms with Crippen molar-refractivity contribution in [3.8, 4) is 5.75 Å². The summed E-state index contributed by atoms with van der Waals surface area (Å²) in [4.78, 5) is 24.3. The zero-order valence-electron chi connectivity index (χ0n) is 22.4. The van der Waals surface area contributed by atoms with Crippen LogP contribution in [0.5, 0.6) is 5.75 Å². The molecule has 2 aromatic carbocycles. The number of benzene rings is 2. The number of hydrogen-bond acceptors (Lipinski definition) is 9. The van der Waals surface area contributed by atoms with Crippen molar-refractivity contribution in [1.29, 1.82) is 0 Å². The van der Waals surface area contributed by atoms with E-state index in [1.54, 1.807) is 55.8 Å². The van der Waals surface area contributed by atoms with Gasteiger partial charge in [-0.2, -0.15) is 8.42 Å². The second-order valence-electron chi connectivity index (χ2n) is 8.69. The monoisotopic (exact) mass is 571 g/mol. The highest BCUT2D eigenvalue weighted by Gasteiger charge is 2.25. The maximum atomic E-state index is 12.6. The lowest BCUT2D eigenvalue weighted by Crippen LogP contribution is -2.28. The van der Waals surface area contributed by atoms with E-state index in [9.17, 15) is 18.0 Å². The summed E-state index contributed by atoms with van der Waals surface area (Å²) in [6.45, 7) is 4.45. The number of amides is 1. The summed E-state index contributed by atoms with van der Waals surface area (Å²) in [5.41, 5.74) is 1.53. The Bertz CT molecular complexity index is 1130. The molecule has 2 rings (SSSR count). The molecule has 10 nitrogen and oxygen atoms in total. The maximum absolute atomic E-state index is 12.6. The van der Waals surface area contributed by atoms with E-state index in [0.717, 1.165) is 5.56 Å². The molecule has 2 aromatic rings. The zero-order chi connectivity index (χ0) is 28.2. The Kier molecular flexibility index (Phi) is 12.5. The topological polar surface area (TPSA) is 126 Å². The van der Waals surface area contributed by atoms with Crippen molar-refractivity contribution < 1.29 is 40.6 Å². The Morgan fingerprint density at radius 2 is 1.63 bits per heavy atom. The molecule has 0 aliphatic carbocycles. The number of anilines is 1. The molecule has 1 unspecified atom stereocenters. The van der Waals surface area contributed by atoms with Crippen LogP contribution in [0.2, 0.25) is 0 Å². The lowest BCUT2D eigenvalue weighted by atomic mass is 10.2. The molecule has 0 aliphatic rings. The second kappa shape index (κ2) is 15.1. The minimum atomic E-state index is -3.91. The molecule has 0 spiro atoms. The van der Waals surface area contributed by atoms with Gasteiger partial charge in [-0.1, -0.05) is 17.7 Å². The van der Waals surface area contributed by atoms with Gasteiger partial charge >= 0.3 is 16.1 Å². The molecule has 0 heterocycles. The Labute approximate surface area is 226 Å². The van der Waals surface area contributed by atoms with E-state index in [1.165, 1.54) is 19.2 Å². The van der Waals surface area contributed by atoms with Crippen molar-refractivity contribution in [1.82, 2.24) is 0 Å². The first kappa shape index (κ1) is 31.6. The largest absolute Gasteiger partial charge is 0.493 e. The van der Waals surface area contributed by atoms with Crippen molar-refractivity contribution in [3.05, 3.63) is 54.1 Å². The van der Waals surface area contributed by atoms with Crippen molar-refractivity contribution in [2.24, 2.45) is 0 Å². The van der Waals surface area contributed by atoms with E-state index in [-0.39, 0.29) is 29.6 Å². The van der Waals surface area contributed by atoms with Gasteiger partial charge in [-0.15, -0.1) is 10.3 Å². The molecule has 0 saturated carbocycles. The fourth-order valence-electron chi connectivity index (χ4n) is 3.09. The lowest BCUT2D eigenvalue weighted by Gasteiger charge is -2.29. The summed E-state index contributed by atoms with van der Waals surface area (Å²) in [6, 6.07) is 13.3. The predicted molar refractivity (Wildman–Crippen MR) is 147 cm³/mol. The number of hydrogen-bond donors (Lipinski definition) is 1. The fourth-order valence-corrected chi connectivity index (χ4v) is 6.76. The van der Waals surface area contributed by atoms with Gasteiger partial charge in [0, 0.05) is 38.0 Å². The number of aryl methyl sites for hydroxylation is 1. The van der Waals surface area contributed by atoms with Gasteiger partial charge in [0.15, 0.2) is 0 Å². The summed E-state index contributed by atoms with van der Waals surface area (Å²) >= 11 is 0.